The van der Waals surface area contributed by atoms with Crippen LogP contribution in [0.4, 0.5) is 0 Å². The van der Waals surface area contributed by atoms with Crippen LogP contribution < -0.4 is 4.74 Å². The fourth-order valence-electron chi connectivity index (χ4n) is 3.89. The summed E-state index contributed by atoms with van der Waals surface area (Å²) in [7, 11) is 0. The van der Waals surface area contributed by atoms with Gasteiger partial charge in [-0.3, -0.25) is 4.79 Å². The van der Waals surface area contributed by atoms with Crippen LogP contribution in [0.3, 0.4) is 0 Å². The van der Waals surface area contributed by atoms with Gasteiger partial charge in [0.2, 0.25) is 5.78 Å². The molecule has 0 saturated carbocycles. The lowest BCUT2D eigenvalue weighted by molar-refractivity contribution is 0.0694. The molecule has 4 aromatic carbocycles. The predicted molar refractivity (Wildman–Crippen MR) is 129 cm³/mol. The Hall–Kier alpha value is -4.16. The topological polar surface area (TPSA) is 83.8 Å². The van der Waals surface area contributed by atoms with E-state index in [0.29, 0.717) is 25.9 Å². The zero-order valence-electron chi connectivity index (χ0n) is 17.5. The van der Waals surface area contributed by atoms with Crippen LogP contribution in [-0.2, 0) is 0 Å². The maximum absolute atomic E-state index is 13.6. The highest BCUT2D eigenvalue weighted by molar-refractivity contribution is 7.21. The van der Waals surface area contributed by atoms with Crippen molar-refractivity contribution in [3.05, 3.63) is 100 Å². The van der Waals surface area contributed by atoms with Gasteiger partial charge in [0, 0.05) is 21.0 Å². The maximum atomic E-state index is 13.6. The van der Waals surface area contributed by atoms with Crippen molar-refractivity contribution in [1.29, 1.82) is 0 Å². The quantitative estimate of drug-likeness (QED) is 0.286. The Morgan fingerprint density at radius 1 is 0.818 bits per heavy atom. The molecule has 0 amide bonds. The van der Waals surface area contributed by atoms with Gasteiger partial charge < -0.3 is 14.9 Å². The highest BCUT2D eigenvalue weighted by atomic mass is 32.1. The van der Waals surface area contributed by atoms with E-state index in [1.54, 1.807) is 36.4 Å². The third-order valence-electron chi connectivity index (χ3n) is 5.54. The van der Waals surface area contributed by atoms with Crippen LogP contribution in [-0.4, -0.2) is 22.0 Å². The second kappa shape index (κ2) is 8.07. The lowest BCUT2D eigenvalue weighted by atomic mass is 10.0. The Bertz CT molecular complexity index is 1560. The number of aromatic hydroxyl groups is 1. The standard InChI is InChI=1S/C27H18O5S/c1-15-6-2-4-8-18(15)23(29)26-25(20-13-11-17(28)14-22(20)33-26)32-24-19-9-5-3-7-16(19)10-12-21(24)27(30)31/h2-14,28H,1H3,(H,30,31). The Morgan fingerprint density at radius 3 is 2.36 bits per heavy atom. The van der Waals surface area contributed by atoms with Gasteiger partial charge in [0.25, 0.3) is 0 Å². The second-order valence-electron chi connectivity index (χ2n) is 7.66. The Balaban J connectivity index is 1.77. The average Bonchev–Trinajstić information content (AvgIpc) is 3.16. The molecule has 0 fully saturated rings. The van der Waals surface area contributed by atoms with Crippen molar-refractivity contribution in [2.45, 2.75) is 6.92 Å². The van der Waals surface area contributed by atoms with E-state index >= 15 is 0 Å². The molecule has 0 aliphatic carbocycles. The summed E-state index contributed by atoms with van der Waals surface area (Å²) in [5.74, 6) is -0.823. The molecule has 1 aromatic heterocycles. The number of carbonyl (C=O) groups excluding carboxylic acids is 1. The van der Waals surface area contributed by atoms with Crippen molar-refractivity contribution in [2.75, 3.05) is 0 Å². The number of carboxylic acid groups (broad SMARTS) is 1. The summed E-state index contributed by atoms with van der Waals surface area (Å²) >= 11 is 1.21. The molecule has 1 heterocycles. The van der Waals surface area contributed by atoms with E-state index in [9.17, 15) is 19.8 Å². The van der Waals surface area contributed by atoms with E-state index in [2.05, 4.69) is 0 Å². The van der Waals surface area contributed by atoms with Gasteiger partial charge in [0.15, 0.2) is 5.75 Å². The van der Waals surface area contributed by atoms with Crippen molar-refractivity contribution >= 4 is 43.9 Å². The van der Waals surface area contributed by atoms with Gasteiger partial charge in [0.05, 0.1) is 0 Å². The molecule has 5 nitrogen and oxygen atoms in total. The second-order valence-corrected chi connectivity index (χ2v) is 8.71. The van der Waals surface area contributed by atoms with Gasteiger partial charge >= 0.3 is 5.97 Å². The number of hydrogen-bond acceptors (Lipinski definition) is 5. The van der Waals surface area contributed by atoms with Crippen LogP contribution in [0.1, 0.15) is 31.2 Å². The van der Waals surface area contributed by atoms with Gasteiger partial charge in [-0.2, -0.15) is 0 Å². The number of ketones is 1. The average molecular weight is 455 g/mol. The number of carboxylic acids is 1. The molecule has 0 spiro atoms. The van der Waals surface area contributed by atoms with Gasteiger partial charge in [-0.1, -0.05) is 54.6 Å². The van der Waals surface area contributed by atoms with Crippen molar-refractivity contribution in [2.24, 2.45) is 0 Å². The molecule has 0 aliphatic rings. The van der Waals surface area contributed by atoms with E-state index in [1.807, 2.05) is 37.3 Å². The van der Waals surface area contributed by atoms with Crippen molar-refractivity contribution in [3.63, 3.8) is 0 Å². The number of phenolic OH excluding ortho intramolecular Hbond substituents is 1. The van der Waals surface area contributed by atoms with E-state index in [0.717, 1.165) is 10.9 Å². The Labute approximate surface area is 193 Å². The number of carbonyl (C=O) groups is 2. The Morgan fingerprint density at radius 2 is 1.58 bits per heavy atom. The zero-order valence-corrected chi connectivity index (χ0v) is 18.3. The molecular weight excluding hydrogens is 436 g/mol. The number of fused-ring (bicyclic) bond motifs is 2. The van der Waals surface area contributed by atoms with Crippen molar-refractivity contribution < 1.29 is 24.5 Å². The predicted octanol–water partition coefficient (Wildman–Crippen LogP) is 6.79. The van der Waals surface area contributed by atoms with Crippen LogP contribution >= 0.6 is 11.3 Å². The molecule has 0 saturated heterocycles. The number of phenols is 1. The minimum absolute atomic E-state index is 0.00104. The number of aryl methyl sites for hydroxylation is 1. The zero-order chi connectivity index (χ0) is 23.1. The SMILES string of the molecule is Cc1ccccc1C(=O)c1sc2cc(O)ccc2c1Oc1c(C(=O)O)ccc2ccccc12. The van der Waals surface area contributed by atoms with E-state index in [4.69, 9.17) is 4.74 Å². The van der Waals surface area contributed by atoms with Gasteiger partial charge in [-0.15, -0.1) is 11.3 Å². The third-order valence-corrected chi connectivity index (χ3v) is 6.67. The minimum atomic E-state index is -1.13. The fourth-order valence-corrected chi connectivity index (χ4v) is 5.00. The highest BCUT2D eigenvalue weighted by Gasteiger charge is 2.25. The highest BCUT2D eigenvalue weighted by Crippen LogP contribution is 2.45. The summed E-state index contributed by atoms with van der Waals surface area (Å²) in [6.07, 6.45) is 0. The first-order valence-corrected chi connectivity index (χ1v) is 11.0. The lowest BCUT2D eigenvalue weighted by Gasteiger charge is -2.13. The van der Waals surface area contributed by atoms with Crippen LogP contribution in [0.25, 0.3) is 20.9 Å². The normalized spacial score (nSPS) is 11.1. The van der Waals surface area contributed by atoms with E-state index in [-0.39, 0.29) is 28.6 Å². The number of ether oxygens (including phenoxy) is 1. The first kappa shape index (κ1) is 20.7. The molecule has 5 aromatic rings. The van der Waals surface area contributed by atoms with Gasteiger partial charge in [-0.05, 0) is 42.1 Å². The summed E-state index contributed by atoms with van der Waals surface area (Å²) < 4.78 is 6.98. The smallest absolute Gasteiger partial charge is 0.339 e. The van der Waals surface area contributed by atoms with Crippen molar-refractivity contribution in [1.82, 2.24) is 0 Å². The monoisotopic (exact) mass is 454 g/mol. The molecule has 162 valence electrons. The number of benzene rings is 4. The van der Waals surface area contributed by atoms with Crippen LogP contribution in [0.2, 0.25) is 0 Å². The van der Waals surface area contributed by atoms with Crippen LogP contribution in [0.5, 0.6) is 17.2 Å². The summed E-state index contributed by atoms with van der Waals surface area (Å²) in [5, 5.41) is 21.9. The van der Waals surface area contributed by atoms with E-state index in [1.165, 1.54) is 23.5 Å². The van der Waals surface area contributed by atoms with Crippen LogP contribution in [0.15, 0.2) is 78.9 Å². The molecule has 5 rings (SSSR count). The van der Waals surface area contributed by atoms with Crippen molar-refractivity contribution in [3.8, 4) is 17.2 Å². The minimum Gasteiger partial charge on any atom is -0.508 e. The van der Waals surface area contributed by atoms with E-state index < -0.39 is 5.97 Å². The molecule has 0 atom stereocenters. The molecule has 6 heteroatoms. The lowest BCUT2D eigenvalue weighted by Crippen LogP contribution is -2.05. The number of thiophene rings is 1. The first-order valence-electron chi connectivity index (χ1n) is 10.2. The summed E-state index contributed by atoms with van der Waals surface area (Å²) in [5.41, 5.74) is 1.36. The maximum Gasteiger partial charge on any atom is 0.339 e. The van der Waals surface area contributed by atoms with Gasteiger partial charge in [-0.25, -0.2) is 4.79 Å². The first-order chi connectivity index (χ1) is 15.9. The van der Waals surface area contributed by atoms with Crippen LogP contribution in [0, 0.1) is 6.92 Å². The molecule has 0 unspecified atom stereocenters. The molecule has 0 bridgehead atoms. The molecule has 0 aliphatic heterocycles. The number of hydrogen-bond donors (Lipinski definition) is 2. The third kappa shape index (κ3) is 3.60. The molecular formula is C27H18O5S. The fraction of sp³-hybridized carbons (Fsp3) is 0.0370. The summed E-state index contributed by atoms with van der Waals surface area (Å²) in [6.45, 7) is 1.86. The molecule has 0 radical (unpaired) electrons. The van der Waals surface area contributed by atoms with Gasteiger partial charge in [0.1, 0.15) is 21.9 Å². The molecule has 33 heavy (non-hydrogen) atoms. The largest absolute Gasteiger partial charge is 0.508 e. The summed E-state index contributed by atoms with van der Waals surface area (Å²) in [6, 6.07) is 22.6. The number of rotatable bonds is 5. The molecule has 2 N–H and O–H groups in total. The summed E-state index contributed by atoms with van der Waals surface area (Å²) in [4.78, 5) is 25.9. The number of aromatic carboxylic acids is 1. The Kier molecular flexibility index (Phi) is 5.07.